The lowest BCUT2D eigenvalue weighted by atomic mass is 9.77. The molecule has 0 spiro atoms. The minimum absolute atomic E-state index is 0.224. The van der Waals surface area contributed by atoms with Crippen molar-refractivity contribution >= 4 is 0 Å². The first-order valence-electron chi connectivity index (χ1n) is 6.33. The van der Waals surface area contributed by atoms with Gasteiger partial charge in [0.2, 0.25) is 0 Å². The number of rotatable bonds is 7. The summed E-state index contributed by atoms with van der Waals surface area (Å²) in [5, 5.41) is 3.57. The first-order chi connectivity index (χ1) is 7.35. The van der Waals surface area contributed by atoms with E-state index in [9.17, 15) is 0 Å². The van der Waals surface area contributed by atoms with Gasteiger partial charge in [-0.05, 0) is 52.0 Å². The van der Waals surface area contributed by atoms with Gasteiger partial charge in [-0.3, -0.25) is 0 Å². The third-order valence-corrected chi connectivity index (χ3v) is 3.58. The Bertz CT molecular complexity index is 217. The van der Waals surface area contributed by atoms with E-state index in [0.29, 0.717) is 0 Å². The highest BCUT2D eigenvalue weighted by atomic mass is 16.5. The molecule has 2 fully saturated rings. The summed E-state index contributed by atoms with van der Waals surface area (Å²) in [7, 11) is 0. The van der Waals surface area contributed by atoms with Crippen molar-refractivity contribution in [2.75, 3.05) is 13.2 Å². The minimum atomic E-state index is 0.224. The molecule has 2 aliphatic carbocycles. The lowest BCUT2D eigenvalue weighted by Crippen LogP contribution is -2.43. The zero-order valence-electron chi connectivity index (χ0n) is 9.80. The second-order valence-electron chi connectivity index (χ2n) is 4.90. The maximum absolute atomic E-state index is 5.98. The van der Waals surface area contributed by atoms with Crippen molar-refractivity contribution in [3.05, 3.63) is 12.2 Å². The molecule has 1 N–H and O–H groups in total. The van der Waals surface area contributed by atoms with E-state index in [2.05, 4.69) is 17.5 Å². The van der Waals surface area contributed by atoms with Crippen molar-refractivity contribution < 1.29 is 4.74 Å². The summed E-state index contributed by atoms with van der Waals surface area (Å²) in [6, 6.07) is 0.831. The van der Waals surface area contributed by atoms with E-state index in [1.165, 1.54) is 38.5 Å². The van der Waals surface area contributed by atoms with Crippen LogP contribution in [0, 0.1) is 0 Å². The number of hydrogen-bond acceptors (Lipinski definition) is 2. The van der Waals surface area contributed by atoms with Crippen LogP contribution in [0.15, 0.2) is 12.2 Å². The smallest absolute Gasteiger partial charge is 0.0699 e. The fourth-order valence-electron chi connectivity index (χ4n) is 2.15. The molecule has 2 rings (SSSR count). The Morgan fingerprint density at radius 3 is 2.73 bits per heavy atom. The van der Waals surface area contributed by atoms with Crippen molar-refractivity contribution in [3.8, 4) is 0 Å². The van der Waals surface area contributed by atoms with Crippen LogP contribution in [-0.4, -0.2) is 24.8 Å². The van der Waals surface area contributed by atoms with Crippen LogP contribution >= 0.6 is 0 Å². The molecule has 0 aromatic heterocycles. The van der Waals surface area contributed by atoms with Crippen LogP contribution < -0.4 is 5.32 Å². The molecule has 0 amide bonds. The maximum atomic E-state index is 5.98. The van der Waals surface area contributed by atoms with Gasteiger partial charge < -0.3 is 10.1 Å². The zero-order valence-corrected chi connectivity index (χ0v) is 9.80. The Kier molecular flexibility index (Phi) is 3.81. The second-order valence-corrected chi connectivity index (χ2v) is 4.90. The summed E-state index contributed by atoms with van der Waals surface area (Å²) in [6.45, 7) is 3.98. The molecule has 0 atom stereocenters. The molecule has 0 bridgehead atoms. The van der Waals surface area contributed by atoms with Crippen LogP contribution in [0.25, 0.3) is 0 Å². The van der Waals surface area contributed by atoms with Crippen LogP contribution in [-0.2, 0) is 4.74 Å². The molecular weight excluding hydrogens is 186 g/mol. The van der Waals surface area contributed by atoms with Gasteiger partial charge in [0.05, 0.1) is 12.2 Å². The fraction of sp³-hybridized carbons (Fsp3) is 0.846. The highest BCUT2D eigenvalue weighted by Gasteiger charge is 2.37. The van der Waals surface area contributed by atoms with E-state index in [-0.39, 0.29) is 5.60 Å². The van der Waals surface area contributed by atoms with Gasteiger partial charge in [0, 0.05) is 6.04 Å². The number of nitrogens with one attached hydrogen (secondary N) is 1. The Morgan fingerprint density at radius 1 is 1.40 bits per heavy atom. The molecule has 2 aliphatic rings. The van der Waals surface area contributed by atoms with Gasteiger partial charge in [-0.25, -0.2) is 0 Å². The standard InChI is InChI=1S/C13H23NO/c1-2-3-11-15-13(7-4-8-13)9-10-14-12-5-6-12/h2-3,12,14H,4-11H2,1H3/b3-2+. The Morgan fingerprint density at radius 2 is 2.20 bits per heavy atom. The van der Waals surface area contributed by atoms with Crippen molar-refractivity contribution in [2.45, 2.75) is 57.1 Å². The SMILES string of the molecule is C/C=C/COC1(CCNC2CC2)CCC1. The van der Waals surface area contributed by atoms with Crippen LogP contribution in [0.3, 0.4) is 0 Å². The Labute approximate surface area is 93.1 Å². The third kappa shape index (κ3) is 3.32. The van der Waals surface area contributed by atoms with Gasteiger partial charge in [-0.2, -0.15) is 0 Å². The Hall–Kier alpha value is -0.340. The van der Waals surface area contributed by atoms with Crippen molar-refractivity contribution in [1.82, 2.24) is 5.32 Å². The summed E-state index contributed by atoms with van der Waals surface area (Å²) in [4.78, 5) is 0. The molecule has 0 aromatic rings. The molecule has 2 heteroatoms. The quantitative estimate of drug-likeness (QED) is 0.651. The average molecular weight is 209 g/mol. The summed E-state index contributed by atoms with van der Waals surface area (Å²) in [6.07, 6.45) is 12.0. The van der Waals surface area contributed by atoms with Gasteiger partial charge in [-0.1, -0.05) is 12.2 Å². The van der Waals surface area contributed by atoms with E-state index >= 15 is 0 Å². The van der Waals surface area contributed by atoms with E-state index in [1.807, 2.05) is 6.92 Å². The van der Waals surface area contributed by atoms with Gasteiger partial charge in [0.25, 0.3) is 0 Å². The molecule has 0 heterocycles. The number of allylic oxidation sites excluding steroid dienone is 1. The molecule has 2 nitrogen and oxygen atoms in total. The van der Waals surface area contributed by atoms with E-state index in [0.717, 1.165) is 19.2 Å². The molecule has 86 valence electrons. The molecular formula is C13H23NO. The summed E-state index contributed by atoms with van der Waals surface area (Å²) < 4.78 is 5.98. The number of ether oxygens (including phenoxy) is 1. The predicted molar refractivity (Wildman–Crippen MR) is 63.0 cm³/mol. The molecule has 2 saturated carbocycles. The molecule has 0 aromatic carbocycles. The summed E-state index contributed by atoms with van der Waals surface area (Å²) in [5.41, 5.74) is 0.224. The van der Waals surface area contributed by atoms with E-state index in [1.54, 1.807) is 0 Å². The summed E-state index contributed by atoms with van der Waals surface area (Å²) in [5.74, 6) is 0. The lowest BCUT2D eigenvalue weighted by molar-refractivity contribution is -0.0930. The van der Waals surface area contributed by atoms with Crippen LogP contribution in [0.4, 0.5) is 0 Å². The van der Waals surface area contributed by atoms with Gasteiger partial charge in [0.1, 0.15) is 0 Å². The van der Waals surface area contributed by atoms with Crippen LogP contribution in [0.2, 0.25) is 0 Å². The van der Waals surface area contributed by atoms with Crippen molar-refractivity contribution in [2.24, 2.45) is 0 Å². The zero-order chi connectivity index (χ0) is 10.6. The largest absolute Gasteiger partial charge is 0.371 e. The molecule has 0 saturated heterocycles. The molecule has 15 heavy (non-hydrogen) atoms. The molecule has 0 aliphatic heterocycles. The van der Waals surface area contributed by atoms with Crippen LogP contribution in [0.5, 0.6) is 0 Å². The first-order valence-corrected chi connectivity index (χ1v) is 6.33. The predicted octanol–water partition coefficient (Wildman–Crippen LogP) is 2.64. The fourth-order valence-corrected chi connectivity index (χ4v) is 2.15. The van der Waals surface area contributed by atoms with Crippen molar-refractivity contribution in [3.63, 3.8) is 0 Å². The Balaban J connectivity index is 1.64. The van der Waals surface area contributed by atoms with Gasteiger partial charge in [-0.15, -0.1) is 0 Å². The van der Waals surface area contributed by atoms with E-state index in [4.69, 9.17) is 4.74 Å². The maximum Gasteiger partial charge on any atom is 0.0699 e. The lowest BCUT2D eigenvalue weighted by Gasteiger charge is -2.41. The third-order valence-electron chi connectivity index (χ3n) is 3.58. The normalized spacial score (nSPS) is 24.3. The van der Waals surface area contributed by atoms with Crippen molar-refractivity contribution in [1.29, 1.82) is 0 Å². The minimum Gasteiger partial charge on any atom is -0.371 e. The second kappa shape index (κ2) is 5.13. The highest BCUT2D eigenvalue weighted by molar-refractivity contribution is 4.93. The van der Waals surface area contributed by atoms with Crippen LogP contribution in [0.1, 0.15) is 45.4 Å². The molecule has 0 unspecified atom stereocenters. The van der Waals surface area contributed by atoms with Gasteiger partial charge >= 0.3 is 0 Å². The van der Waals surface area contributed by atoms with E-state index < -0.39 is 0 Å². The highest BCUT2D eigenvalue weighted by Crippen LogP contribution is 2.38. The summed E-state index contributed by atoms with van der Waals surface area (Å²) >= 11 is 0. The van der Waals surface area contributed by atoms with Gasteiger partial charge in [0.15, 0.2) is 0 Å². The monoisotopic (exact) mass is 209 g/mol. The average Bonchev–Trinajstić information content (AvgIpc) is 2.97. The first kappa shape index (κ1) is 11.2. The topological polar surface area (TPSA) is 21.3 Å². The molecule has 0 radical (unpaired) electrons. The number of hydrogen-bond donors (Lipinski definition) is 1.